The molecule has 1 N–H and O–H groups in total. The molecule has 0 bridgehead atoms. The van der Waals surface area contributed by atoms with Crippen LogP contribution in [-0.4, -0.2) is 32.0 Å². The number of hydrogen-bond acceptors (Lipinski definition) is 6. The Kier molecular flexibility index (Phi) is 7.05. The molecule has 1 fully saturated rings. The number of hydrogen-bond donors (Lipinski definition) is 1. The van der Waals surface area contributed by atoms with E-state index in [0.717, 1.165) is 11.1 Å². The second kappa shape index (κ2) is 9.70. The van der Waals surface area contributed by atoms with Crippen molar-refractivity contribution in [3.63, 3.8) is 0 Å². The summed E-state index contributed by atoms with van der Waals surface area (Å²) < 4.78 is 40.0. The fourth-order valence-corrected chi connectivity index (χ4v) is 6.54. The Morgan fingerprint density at radius 3 is 2.56 bits per heavy atom. The molecular weight excluding hydrogens is 499 g/mol. The summed E-state index contributed by atoms with van der Waals surface area (Å²) in [6.07, 6.45) is 2.13. The highest BCUT2D eigenvalue weighted by Gasteiger charge is 2.46. The number of pyridine rings is 1. The van der Waals surface area contributed by atoms with E-state index in [0.29, 0.717) is 42.5 Å². The number of para-hydroxylation sites is 1. The summed E-state index contributed by atoms with van der Waals surface area (Å²) in [5, 5.41) is 1.10. The highest BCUT2D eigenvalue weighted by molar-refractivity contribution is 7.89. The van der Waals surface area contributed by atoms with Gasteiger partial charge in [0, 0.05) is 21.7 Å². The Bertz CT molecular complexity index is 1350. The van der Waals surface area contributed by atoms with Crippen molar-refractivity contribution in [2.45, 2.75) is 49.6 Å². The number of esters is 1. The first-order valence-corrected chi connectivity index (χ1v) is 13.0. The summed E-state index contributed by atoms with van der Waals surface area (Å²) in [5.41, 5.74) is 0.528. The topological polar surface area (TPSA) is 94.6 Å². The van der Waals surface area contributed by atoms with Crippen LogP contribution in [0.15, 0.2) is 47.4 Å². The molecule has 1 aliphatic carbocycles. The molecule has 34 heavy (non-hydrogen) atoms. The van der Waals surface area contributed by atoms with Crippen molar-refractivity contribution in [3.8, 4) is 5.75 Å². The summed E-state index contributed by atoms with van der Waals surface area (Å²) in [6.45, 7) is 1.81. The Hall–Kier alpha value is -2.39. The third-order valence-electron chi connectivity index (χ3n) is 6.00. The normalized spacial score (nSPS) is 15.4. The first-order valence-electron chi connectivity index (χ1n) is 10.8. The number of methoxy groups -OCH3 is 1. The molecule has 0 amide bonds. The maximum atomic E-state index is 13.3. The Morgan fingerprint density at radius 2 is 1.85 bits per heavy atom. The Balaban J connectivity index is 1.65. The van der Waals surface area contributed by atoms with Gasteiger partial charge in [-0.15, -0.1) is 0 Å². The third-order valence-corrected chi connectivity index (χ3v) is 8.47. The van der Waals surface area contributed by atoms with Gasteiger partial charge in [-0.1, -0.05) is 54.2 Å². The zero-order chi connectivity index (χ0) is 24.5. The Morgan fingerprint density at radius 1 is 1.12 bits per heavy atom. The molecule has 1 aromatic heterocycles. The summed E-state index contributed by atoms with van der Waals surface area (Å²) in [6, 6.07) is 12.2. The molecule has 180 valence electrons. The molecule has 2 aromatic carbocycles. The van der Waals surface area contributed by atoms with E-state index in [2.05, 4.69) is 9.71 Å². The number of rotatable bonds is 7. The predicted octanol–water partition coefficient (Wildman–Crippen LogP) is 5.19. The number of fused-ring (bicyclic) bond motifs is 1. The lowest BCUT2D eigenvalue weighted by molar-refractivity contribution is -0.147. The van der Waals surface area contributed by atoms with Gasteiger partial charge < -0.3 is 9.47 Å². The molecule has 0 radical (unpaired) electrons. The molecule has 0 aliphatic heterocycles. The predicted molar refractivity (Wildman–Crippen MR) is 131 cm³/mol. The smallest absolute Gasteiger partial charge is 0.327 e. The van der Waals surface area contributed by atoms with Gasteiger partial charge in [-0.3, -0.25) is 4.79 Å². The minimum Gasteiger partial charge on any atom is -0.487 e. The van der Waals surface area contributed by atoms with Crippen LogP contribution in [0.2, 0.25) is 10.0 Å². The number of halogens is 2. The molecular formula is C24H24Cl2N2O5S. The van der Waals surface area contributed by atoms with Crippen LogP contribution in [-0.2, 0) is 26.2 Å². The molecule has 3 aromatic rings. The highest BCUT2D eigenvalue weighted by Crippen LogP contribution is 2.36. The maximum absolute atomic E-state index is 13.3. The molecule has 7 nitrogen and oxygen atoms in total. The lowest BCUT2D eigenvalue weighted by Gasteiger charge is -2.27. The molecule has 4 rings (SSSR count). The number of aromatic nitrogens is 1. The van der Waals surface area contributed by atoms with Gasteiger partial charge in [-0.25, -0.2) is 13.4 Å². The van der Waals surface area contributed by atoms with Gasteiger partial charge in [0.25, 0.3) is 0 Å². The van der Waals surface area contributed by atoms with Gasteiger partial charge in [0.05, 0.1) is 12.1 Å². The van der Waals surface area contributed by atoms with Crippen molar-refractivity contribution in [2.24, 2.45) is 0 Å². The Labute approximate surface area is 208 Å². The number of benzene rings is 2. The summed E-state index contributed by atoms with van der Waals surface area (Å²) in [7, 11) is -2.92. The monoisotopic (exact) mass is 522 g/mol. The van der Waals surface area contributed by atoms with Crippen LogP contribution in [0.25, 0.3) is 10.9 Å². The van der Waals surface area contributed by atoms with E-state index in [9.17, 15) is 13.2 Å². The van der Waals surface area contributed by atoms with Crippen LogP contribution < -0.4 is 9.46 Å². The number of nitrogens with one attached hydrogen (secondary N) is 1. The third kappa shape index (κ3) is 4.73. The number of carbonyl (C=O) groups excluding carboxylic acids is 1. The number of ether oxygens (including phenoxy) is 2. The molecule has 1 heterocycles. The van der Waals surface area contributed by atoms with Crippen molar-refractivity contribution in [1.29, 1.82) is 0 Å². The maximum Gasteiger partial charge on any atom is 0.327 e. The average molecular weight is 523 g/mol. The van der Waals surface area contributed by atoms with Crippen LogP contribution in [0.4, 0.5) is 0 Å². The van der Waals surface area contributed by atoms with Gasteiger partial charge in [0.15, 0.2) is 0 Å². The number of sulfonamides is 1. The lowest BCUT2D eigenvalue weighted by Crippen LogP contribution is -2.53. The molecule has 1 saturated carbocycles. The number of aryl methyl sites for hydroxylation is 1. The molecule has 0 atom stereocenters. The van der Waals surface area contributed by atoms with Crippen LogP contribution in [0.3, 0.4) is 0 Å². The highest BCUT2D eigenvalue weighted by atomic mass is 35.5. The van der Waals surface area contributed by atoms with Gasteiger partial charge in [-0.2, -0.15) is 4.72 Å². The van der Waals surface area contributed by atoms with Crippen LogP contribution in [0.5, 0.6) is 5.75 Å². The lowest BCUT2D eigenvalue weighted by atomic mass is 10.00. The van der Waals surface area contributed by atoms with E-state index in [-0.39, 0.29) is 21.5 Å². The van der Waals surface area contributed by atoms with Gasteiger partial charge in [0.2, 0.25) is 10.0 Å². The minimum atomic E-state index is -4.16. The van der Waals surface area contributed by atoms with E-state index in [1.54, 1.807) is 6.07 Å². The SMILES string of the molecule is COC(=O)C1(NS(=O)(=O)c2ccc(Cl)c(COc3cccc4ccc(C)nc34)c2Cl)CCCC1. The molecule has 0 unspecified atom stereocenters. The summed E-state index contributed by atoms with van der Waals surface area (Å²) in [4.78, 5) is 16.8. The van der Waals surface area contributed by atoms with E-state index < -0.39 is 21.5 Å². The average Bonchev–Trinajstić information content (AvgIpc) is 3.27. The summed E-state index contributed by atoms with van der Waals surface area (Å²) in [5.74, 6) is -0.0868. The molecule has 0 saturated heterocycles. The summed E-state index contributed by atoms with van der Waals surface area (Å²) >= 11 is 12.9. The standard InChI is InChI=1S/C24H24Cl2N2O5S/c1-15-8-9-16-6-5-7-19(22(16)27-15)33-14-17-18(25)10-11-20(21(17)26)34(30,31)28-24(23(29)32-2)12-3-4-13-24/h5-11,28H,3-4,12-14H2,1-2H3. The quantitative estimate of drug-likeness (QED) is 0.429. The van der Waals surface area contributed by atoms with E-state index >= 15 is 0 Å². The van der Waals surface area contributed by atoms with Crippen molar-refractivity contribution < 1.29 is 22.7 Å². The zero-order valence-corrected chi connectivity index (χ0v) is 21.1. The number of nitrogens with zero attached hydrogens (tertiary/aromatic N) is 1. The van der Waals surface area contributed by atoms with Crippen molar-refractivity contribution in [2.75, 3.05) is 7.11 Å². The van der Waals surface area contributed by atoms with E-state index in [4.69, 9.17) is 32.7 Å². The second-order valence-corrected chi connectivity index (χ2v) is 10.7. The zero-order valence-electron chi connectivity index (χ0n) is 18.7. The second-order valence-electron chi connectivity index (χ2n) is 8.29. The van der Waals surface area contributed by atoms with Crippen LogP contribution in [0.1, 0.15) is 36.9 Å². The molecule has 1 aliphatic rings. The van der Waals surface area contributed by atoms with Crippen LogP contribution in [0, 0.1) is 6.92 Å². The first kappa shape index (κ1) is 24.7. The van der Waals surface area contributed by atoms with Gasteiger partial charge in [0.1, 0.15) is 28.3 Å². The minimum absolute atomic E-state index is 0.0672. The van der Waals surface area contributed by atoms with Gasteiger partial charge in [-0.05, 0) is 44.0 Å². The number of carbonyl (C=O) groups is 1. The largest absolute Gasteiger partial charge is 0.487 e. The fraction of sp³-hybridized carbons (Fsp3) is 0.333. The molecule has 10 heteroatoms. The van der Waals surface area contributed by atoms with Crippen molar-refractivity contribution in [1.82, 2.24) is 9.71 Å². The van der Waals surface area contributed by atoms with E-state index in [1.165, 1.54) is 19.2 Å². The van der Waals surface area contributed by atoms with Crippen molar-refractivity contribution in [3.05, 3.63) is 63.8 Å². The fourth-order valence-electron chi connectivity index (χ4n) is 4.23. The van der Waals surface area contributed by atoms with Crippen LogP contribution >= 0.6 is 23.2 Å². The van der Waals surface area contributed by atoms with Gasteiger partial charge >= 0.3 is 5.97 Å². The molecule has 0 spiro atoms. The first-order chi connectivity index (χ1) is 16.2. The van der Waals surface area contributed by atoms with E-state index in [1.807, 2.05) is 31.2 Å². The van der Waals surface area contributed by atoms with Crippen molar-refractivity contribution >= 4 is 50.1 Å².